The second kappa shape index (κ2) is 13.8. The third-order valence-electron chi connectivity index (χ3n) is 3.56. The van der Waals surface area contributed by atoms with Gasteiger partial charge in [-0.2, -0.15) is 16.9 Å². The molecule has 1 aromatic rings. The average molecular weight is 467 g/mol. The van der Waals surface area contributed by atoms with Crippen molar-refractivity contribution in [3.63, 3.8) is 0 Å². The van der Waals surface area contributed by atoms with E-state index in [0.717, 1.165) is 37.8 Å². The number of hydrogen-bond acceptors (Lipinski definition) is 3. The number of aromatic nitrogens is 2. The van der Waals surface area contributed by atoms with Crippen LogP contribution in [0, 0.1) is 19.8 Å². The van der Waals surface area contributed by atoms with Crippen LogP contribution in [0.2, 0.25) is 0 Å². The Hall–Kier alpha value is -0.440. The lowest BCUT2D eigenvalue weighted by Crippen LogP contribution is -2.38. The van der Waals surface area contributed by atoms with Crippen LogP contribution in [-0.2, 0) is 6.54 Å². The Bertz CT molecular complexity index is 476. The monoisotopic (exact) mass is 467 g/mol. The molecule has 24 heavy (non-hydrogen) atoms. The van der Waals surface area contributed by atoms with Gasteiger partial charge in [-0.25, -0.2) is 0 Å². The third-order valence-corrected chi connectivity index (χ3v) is 4.26. The molecular weight excluding hydrogens is 433 g/mol. The Balaban J connectivity index is 0.00000529. The number of hydrogen-bond donors (Lipinski definition) is 2. The highest BCUT2D eigenvalue weighted by Gasteiger charge is 2.07. The molecular formula is C17H34IN5S. The summed E-state index contributed by atoms with van der Waals surface area (Å²) in [4.78, 5) is 4.71. The molecule has 0 aliphatic carbocycles. The van der Waals surface area contributed by atoms with Gasteiger partial charge in [0.1, 0.15) is 0 Å². The van der Waals surface area contributed by atoms with Crippen molar-refractivity contribution in [1.82, 2.24) is 20.4 Å². The zero-order chi connectivity index (χ0) is 17.1. The summed E-state index contributed by atoms with van der Waals surface area (Å²) in [6, 6.07) is 2.12. The van der Waals surface area contributed by atoms with Crippen LogP contribution < -0.4 is 10.6 Å². The van der Waals surface area contributed by atoms with E-state index in [1.807, 2.05) is 18.7 Å². The van der Waals surface area contributed by atoms with E-state index in [0.29, 0.717) is 5.92 Å². The number of rotatable bonds is 10. The molecule has 0 saturated carbocycles. The highest BCUT2D eigenvalue weighted by atomic mass is 127. The molecule has 0 spiro atoms. The molecule has 0 radical (unpaired) electrons. The van der Waals surface area contributed by atoms with Gasteiger partial charge in [-0.05, 0) is 57.6 Å². The molecule has 1 aromatic heterocycles. The topological polar surface area (TPSA) is 54.2 Å². The summed E-state index contributed by atoms with van der Waals surface area (Å²) >= 11 is 1.91. The van der Waals surface area contributed by atoms with E-state index in [4.69, 9.17) is 4.99 Å². The maximum absolute atomic E-state index is 4.71. The summed E-state index contributed by atoms with van der Waals surface area (Å²) in [5.74, 6) is 2.62. The van der Waals surface area contributed by atoms with Crippen LogP contribution in [-0.4, -0.2) is 47.4 Å². The molecule has 0 saturated heterocycles. The van der Waals surface area contributed by atoms with E-state index in [9.17, 15) is 0 Å². The highest BCUT2D eigenvalue weighted by molar-refractivity contribution is 14.0. The maximum atomic E-state index is 4.71. The normalized spacial score (nSPS) is 12.6. The largest absolute Gasteiger partial charge is 0.357 e. The van der Waals surface area contributed by atoms with Gasteiger partial charge in [0, 0.05) is 31.9 Å². The molecule has 0 amide bonds. The van der Waals surface area contributed by atoms with Crippen LogP contribution in [0.4, 0.5) is 0 Å². The molecule has 0 aliphatic rings. The van der Waals surface area contributed by atoms with Crippen molar-refractivity contribution in [3.8, 4) is 0 Å². The molecule has 140 valence electrons. The van der Waals surface area contributed by atoms with Crippen molar-refractivity contribution >= 4 is 41.7 Å². The minimum atomic E-state index is 0. The Morgan fingerprint density at radius 1 is 1.33 bits per heavy atom. The number of aryl methyl sites for hydroxylation is 2. The number of nitrogens with one attached hydrogen (secondary N) is 2. The molecule has 0 fully saturated rings. The Kier molecular flexibility index (Phi) is 13.6. The highest BCUT2D eigenvalue weighted by Crippen LogP contribution is 2.06. The fraction of sp³-hybridized carbons (Fsp3) is 0.765. The molecule has 0 bridgehead atoms. The smallest absolute Gasteiger partial charge is 0.191 e. The lowest BCUT2D eigenvalue weighted by Gasteiger charge is -2.14. The van der Waals surface area contributed by atoms with Gasteiger partial charge in [0.15, 0.2) is 5.96 Å². The summed E-state index contributed by atoms with van der Waals surface area (Å²) in [5.41, 5.74) is 2.30. The van der Waals surface area contributed by atoms with Gasteiger partial charge in [0.2, 0.25) is 0 Å². The molecule has 1 rings (SSSR count). The van der Waals surface area contributed by atoms with Crippen LogP contribution >= 0.6 is 35.7 Å². The van der Waals surface area contributed by atoms with Crippen LogP contribution in [0.5, 0.6) is 0 Å². The van der Waals surface area contributed by atoms with Crippen molar-refractivity contribution in [2.24, 2.45) is 10.9 Å². The van der Waals surface area contributed by atoms with Crippen LogP contribution in [0.3, 0.4) is 0 Å². The minimum absolute atomic E-state index is 0. The Labute approximate surface area is 168 Å². The van der Waals surface area contributed by atoms with Crippen molar-refractivity contribution in [1.29, 1.82) is 0 Å². The zero-order valence-electron chi connectivity index (χ0n) is 15.8. The van der Waals surface area contributed by atoms with Gasteiger partial charge in [-0.15, -0.1) is 24.0 Å². The first-order valence-corrected chi connectivity index (χ1v) is 9.98. The molecule has 1 heterocycles. The first-order valence-electron chi connectivity index (χ1n) is 8.59. The van der Waals surface area contributed by atoms with Gasteiger partial charge in [0.25, 0.3) is 0 Å². The number of halogens is 1. The van der Waals surface area contributed by atoms with Crippen LogP contribution in [0.25, 0.3) is 0 Å². The summed E-state index contributed by atoms with van der Waals surface area (Å²) in [5, 5.41) is 11.3. The van der Waals surface area contributed by atoms with Crippen molar-refractivity contribution < 1.29 is 0 Å². The van der Waals surface area contributed by atoms with E-state index < -0.39 is 0 Å². The van der Waals surface area contributed by atoms with E-state index >= 15 is 0 Å². The number of nitrogens with zero attached hydrogens (tertiary/aromatic N) is 3. The third kappa shape index (κ3) is 9.76. The molecule has 1 atom stereocenters. The fourth-order valence-corrected chi connectivity index (χ4v) is 2.87. The average Bonchev–Trinajstić information content (AvgIpc) is 2.82. The molecule has 1 unspecified atom stereocenters. The SMILES string of the molecule is CCNC(=NCC(C)Cn1nc(C)cc1C)NCCCCSC.I. The molecule has 2 N–H and O–H groups in total. The zero-order valence-corrected chi connectivity index (χ0v) is 18.9. The van der Waals surface area contributed by atoms with E-state index in [-0.39, 0.29) is 24.0 Å². The standard InChI is InChI=1S/C17H33N5S.HI/c1-6-18-17(19-9-7-8-10-23-5)20-12-14(2)13-22-16(4)11-15(3)21-22;/h11,14H,6-10,12-13H2,1-5H3,(H2,18,19,20);1H. The van der Waals surface area contributed by atoms with Crippen LogP contribution in [0.1, 0.15) is 38.1 Å². The van der Waals surface area contributed by atoms with E-state index in [1.165, 1.54) is 24.3 Å². The van der Waals surface area contributed by atoms with Crippen LogP contribution in [0.15, 0.2) is 11.1 Å². The first-order chi connectivity index (χ1) is 11.1. The first kappa shape index (κ1) is 23.6. The maximum Gasteiger partial charge on any atom is 0.191 e. The second-order valence-electron chi connectivity index (χ2n) is 6.06. The fourth-order valence-electron chi connectivity index (χ4n) is 2.38. The van der Waals surface area contributed by atoms with Crippen molar-refractivity contribution in [2.45, 2.75) is 47.1 Å². The molecule has 0 aliphatic heterocycles. The Morgan fingerprint density at radius 2 is 2.08 bits per heavy atom. The quantitative estimate of drug-likeness (QED) is 0.240. The van der Waals surface area contributed by atoms with E-state index in [1.54, 1.807) is 0 Å². The summed E-state index contributed by atoms with van der Waals surface area (Å²) in [6.07, 6.45) is 4.59. The predicted molar refractivity (Wildman–Crippen MR) is 118 cm³/mol. The summed E-state index contributed by atoms with van der Waals surface area (Å²) in [7, 11) is 0. The molecule has 0 aromatic carbocycles. The molecule has 7 heteroatoms. The number of guanidine groups is 1. The summed E-state index contributed by atoms with van der Waals surface area (Å²) < 4.78 is 2.08. The summed E-state index contributed by atoms with van der Waals surface area (Å²) in [6.45, 7) is 12.1. The lowest BCUT2D eigenvalue weighted by atomic mass is 10.2. The minimum Gasteiger partial charge on any atom is -0.357 e. The number of unbranched alkanes of at least 4 members (excludes halogenated alkanes) is 1. The Morgan fingerprint density at radius 3 is 2.67 bits per heavy atom. The van der Waals surface area contributed by atoms with Gasteiger partial charge in [-0.3, -0.25) is 9.67 Å². The number of aliphatic imine (C=N–C) groups is 1. The predicted octanol–water partition coefficient (Wildman–Crippen LogP) is 3.45. The number of thioether (sulfide) groups is 1. The van der Waals surface area contributed by atoms with Gasteiger partial charge < -0.3 is 10.6 Å². The van der Waals surface area contributed by atoms with Gasteiger partial charge >= 0.3 is 0 Å². The van der Waals surface area contributed by atoms with E-state index in [2.05, 4.69) is 53.5 Å². The van der Waals surface area contributed by atoms with Crippen molar-refractivity contribution in [2.75, 3.05) is 31.6 Å². The van der Waals surface area contributed by atoms with Gasteiger partial charge in [0.05, 0.1) is 5.69 Å². The molecule has 5 nitrogen and oxygen atoms in total. The van der Waals surface area contributed by atoms with Crippen molar-refractivity contribution in [3.05, 3.63) is 17.5 Å². The van der Waals surface area contributed by atoms with Gasteiger partial charge in [-0.1, -0.05) is 6.92 Å². The second-order valence-corrected chi connectivity index (χ2v) is 7.05. The lowest BCUT2D eigenvalue weighted by molar-refractivity contribution is 0.449.